The number of hydrogen-bond donors (Lipinski definition) is 3. The number of hydrogen-bond acceptors (Lipinski definition) is 4. The van der Waals surface area contributed by atoms with Gasteiger partial charge in [-0.25, -0.2) is 0 Å². The smallest absolute Gasteiger partial charge is 0.223 e. The van der Waals surface area contributed by atoms with E-state index in [0.29, 0.717) is 6.54 Å². The van der Waals surface area contributed by atoms with Crippen LogP contribution in [0.25, 0.3) is 0 Å². The fourth-order valence-electron chi connectivity index (χ4n) is 7.11. The highest BCUT2D eigenvalue weighted by Gasteiger charge is 2.54. The van der Waals surface area contributed by atoms with Gasteiger partial charge in [-0.1, -0.05) is 46.1 Å². The first-order valence-electron chi connectivity index (χ1n) is 13.1. The summed E-state index contributed by atoms with van der Waals surface area (Å²) in [6.45, 7) is 7.04. The van der Waals surface area contributed by atoms with Gasteiger partial charge in [0.25, 0.3) is 0 Å². The molecule has 0 spiro atoms. The van der Waals surface area contributed by atoms with Crippen molar-refractivity contribution in [3.63, 3.8) is 0 Å². The van der Waals surface area contributed by atoms with Crippen LogP contribution in [-0.4, -0.2) is 29.1 Å². The molecule has 1 aromatic rings. The van der Waals surface area contributed by atoms with Crippen LogP contribution in [0.1, 0.15) is 83.4 Å². The summed E-state index contributed by atoms with van der Waals surface area (Å²) in [6, 6.07) is 4.14. The molecule has 2 amide bonds. The predicted molar refractivity (Wildman–Crippen MR) is 133 cm³/mol. The number of fused-ring (bicyclic) bond motifs is 1. The van der Waals surface area contributed by atoms with Crippen molar-refractivity contribution in [1.29, 1.82) is 0 Å². The molecule has 3 aliphatic rings. The van der Waals surface area contributed by atoms with Crippen molar-refractivity contribution in [1.82, 2.24) is 10.6 Å². The van der Waals surface area contributed by atoms with Crippen LogP contribution >= 0.6 is 11.3 Å². The Bertz CT molecular complexity index is 806. The van der Waals surface area contributed by atoms with E-state index in [1.54, 1.807) is 11.3 Å². The molecule has 5 nitrogen and oxygen atoms in total. The van der Waals surface area contributed by atoms with E-state index in [4.69, 9.17) is 0 Å². The number of amides is 2. The molecule has 3 saturated carbocycles. The van der Waals surface area contributed by atoms with Crippen LogP contribution in [0.3, 0.4) is 0 Å². The summed E-state index contributed by atoms with van der Waals surface area (Å²) in [4.78, 5) is 27.0. The van der Waals surface area contributed by atoms with E-state index in [1.165, 1.54) is 6.42 Å². The van der Waals surface area contributed by atoms with Crippen LogP contribution in [0.5, 0.6) is 0 Å². The van der Waals surface area contributed by atoms with E-state index in [0.717, 1.165) is 56.2 Å². The maximum atomic E-state index is 12.9. The number of rotatable bonds is 6. The monoisotopic (exact) mass is 474 g/mol. The molecule has 0 radical (unpaired) electrons. The van der Waals surface area contributed by atoms with Gasteiger partial charge in [-0.15, -0.1) is 11.3 Å². The third kappa shape index (κ3) is 5.32. The Hall–Kier alpha value is -1.40. The molecule has 33 heavy (non-hydrogen) atoms. The molecule has 184 valence electrons. The van der Waals surface area contributed by atoms with Crippen LogP contribution in [0.2, 0.25) is 0 Å². The van der Waals surface area contributed by atoms with Crippen molar-refractivity contribution in [2.45, 2.75) is 97.2 Å². The van der Waals surface area contributed by atoms with Crippen molar-refractivity contribution >= 4 is 23.2 Å². The molecule has 3 N–H and O–H groups in total. The average Bonchev–Trinajstić information content (AvgIpc) is 3.33. The zero-order valence-electron chi connectivity index (χ0n) is 20.5. The molecule has 1 aromatic heterocycles. The molecule has 4 rings (SSSR count). The number of carbonyl (C=O) groups excluding carboxylic acids is 2. The Labute approximate surface area is 203 Å². The Morgan fingerprint density at radius 2 is 1.91 bits per heavy atom. The van der Waals surface area contributed by atoms with Gasteiger partial charge in [0, 0.05) is 22.8 Å². The fourth-order valence-corrected chi connectivity index (χ4v) is 7.75. The van der Waals surface area contributed by atoms with Gasteiger partial charge < -0.3 is 15.7 Å². The standard InChI is InChI=1S/C27H42N2O3S/c1-17(25(31)28-16-20-10-7-15-33-20)21-11-13-27(3)14-12-22(18(2)23(27)24(21)30)29-26(32)19-8-5-4-6-9-19/h7,10,15,17-19,21-24,30H,4-6,8-9,11-14,16H2,1-3H3,(H,28,31)(H,29,32)/t17-,18+,21?,22-,23+,24-,27-/m0/s1. The molecule has 1 unspecified atom stereocenters. The van der Waals surface area contributed by atoms with Crippen LogP contribution in [0.4, 0.5) is 0 Å². The van der Waals surface area contributed by atoms with Gasteiger partial charge in [0.05, 0.1) is 12.6 Å². The molecular weight excluding hydrogens is 432 g/mol. The molecule has 0 aromatic carbocycles. The van der Waals surface area contributed by atoms with Crippen LogP contribution in [0.15, 0.2) is 17.5 Å². The number of thiophene rings is 1. The summed E-state index contributed by atoms with van der Waals surface area (Å²) in [6.07, 6.45) is 9.00. The van der Waals surface area contributed by atoms with Gasteiger partial charge >= 0.3 is 0 Å². The first-order chi connectivity index (χ1) is 15.8. The lowest BCUT2D eigenvalue weighted by atomic mass is 9.51. The zero-order chi connectivity index (χ0) is 23.6. The average molecular weight is 475 g/mol. The van der Waals surface area contributed by atoms with Crippen molar-refractivity contribution in [3.8, 4) is 0 Å². The molecule has 0 saturated heterocycles. The van der Waals surface area contributed by atoms with E-state index >= 15 is 0 Å². The Kier molecular flexibility index (Phi) is 7.84. The highest BCUT2D eigenvalue weighted by Crippen LogP contribution is 2.55. The number of nitrogens with one attached hydrogen (secondary N) is 2. The second-order valence-corrected chi connectivity index (χ2v) is 12.3. The Morgan fingerprint density at radius 3 is 2.61 bits per heavy atom. The van der Waals surface area contributed by atoms with Gasteiger partial charge in [-0.2, -0.15) is 0 Å². The van der Waals surface area contributed by atoms with Gasteiger partial charge in [-0.05, 0) is 73.1 Å². The molecule has 0 bridgehead atoms. The van der Waals surface area contributed by atoms with Gasteiger partial charge in [0.1, 0.15) is 0 Å². The molecule has 6 heteroatoms. The number of carbonyl (C=O) groups is 2. The minimum atomic E-state index is -0.518. The molecular formula is C27H42N2O3S. The summed E-state index contributed by atoms with van der Waals surface area (Å²) in [5.41, 5.74) is 0.0779. The summed E-state index contributed by atoms with van der Waals surface area (Å²) in [5, 5.41) is 20.1. The van der Waals surface area contributed by atoms with Crippen molar-refractivity contribution in [2.24, 2.45) is 35.0 Å². The summed E-state index contributed by atoms with van der Waals surface area (Å²) in [7, 11) is 0. The summed E-state index contributed by atoms with van der Waals surface area (Å²) < 4.78 is 0. The molecule has 7 atom stereocenters. The van der Waals surface area contributed by atoms with Gasteiger partial charge in [-0.3, -0.25) is 9.59 Å². The van der Waals surface area contributed by atoms with Crippen molar-refractivity contribution < 1.29 is 14.7 Å². The maximum Gasteiger partial charge on any atom is 0.223 e. The van der Waals surface area contributed by atoms with E-state index in [9.17, 15) is 14.7 Å². The molecule has 1 heterocycles. The molecule has 3 fully saturated rings. The second-order valence-electron chi connectivity index (χ2n) is 11.3. The predicted octanol–water partition coefficient (Wildman–Crippen LogP) is 4.89. The molecule has 3 aliphatic carbocycles. The van der Waals surface area contributed by atoms with Crippen molar-refractivity contribution in [2.75, 3.05) is 0 Å². The summed E-state index contributed by atoms with van der Waals surface area (Å²) in [5.74, 6) is 0.454. The van der Waals surface area contributed by atoms with Crippen LogP contribution < -0.4 is 10.6 Å². The topological polar surface area (TPSA) is 78.4 Å². The maximum absolute atomic E-state index is 12.9. The molecule has 0 aliphatic heterocycles. The quantitative estimate of drug-likeness (QED) is 0.549. The minimum Gasteiger partial charge on any atom is -0.392 e. The summed E-state index contributed by atoms with van der Waals surface area (Å²) >= 11 is 1.64. The lowest BCUT2D eigenvalue weighted by Crippen LogP contribution is -2.59. The largest absolute Gasteiger partial charge is 0.392 e. The van der Waals surface area contributed by atoms with Crippen molar-refractivity contribution in [3.05, 3.63) is 22.4 Å². The Morgan fingerprint density at radius 1 is 1.18 bits per heavy atom. The highest BCUT2D eigenvalue weighted by atomic mass is 32.1. The third-order valence-corrected chi connectivity index (χ3v) is 10.1. The minimum absolute atomic E-state index is 0.0293. The van der Waals surface area contributed by atoms with E-state index in [2.05, 4.69) is 24.5 Å². The van der Waals surface area contributed by atoms with Gasteiger partial charge in [0.2, 0.25) is 11.8 Å². The normalized spacial score (nSPS) is 35.9. The zero-order valence-corrected chi connectivity index (χ0v) is 21.3. The number of aliphatic hydroxyl groups excluding tert-OH is 1. The second kappa shape index (κ2) is 10.5. The fraction of sp³-hybridized carbons (Fsp3) is 0.778. The van der Waals surface area contributed by atoms with E-state index < -0.39 is 6.10 Å². The highest BCUT2D eigenvalue weighted by molar-refractivity contribution is 7.09. The SMILES string of the molecule is C[C@H]1[C@@H]2[C@@H](O)C([C@H](C)C(=O)NCc3cccs3)CC[C@@]2(C)CC[C@@H]1NC(=O)C1CCCCC1. The van der Waals surface area contributed by atoms with Gasteiger partial charge in [0.15, 0.2) is 0 Å². The number of aliphatic hydroxyl groups is 1. The van der Waals surface area contributed by atoms with Crippen LogP contribution in [-0.2, 0) is 16.1 Å². The first-order valence-corrected chi connectivity index (χ1v) is 14.0. The lowest BCUT2D eigenvalue weighted by molar-refractivity contribution is -0.144. The first kappa shape index (κ1) is 24.7. The van der Waals surface area contributed by atoms with E-state index in [1.807, 2.05) is 24.4 Å². The third-order valence-electron chi connectivity index (χ3n) is 9.26. The Balaban J connectivity index is 1.40. The van der Waals surface area contributed by atoms with E-state index in [-0.39, 0.29) is 52.9 Å². The lowest BCUT2D eigenvalue weighted by Gasteiger charge is -2.56. The van der Waals surface area contributed by atoms with Crippen LogP contribution in [0, 0.1) is 35.0 Å².